The predicted octanol–water partition coefficient (Wildman–Crippen LogP) is 3.16. The molecule has 1 aliphatic heterocycles. The van der Waals surface area contributed by atoms with E-state index in [0.717, 1.165) is 38.0 Å². The Balaban J connectivity index is 1.48. The van der Waals surface area contributed by atoms with Gasteiger partial charge in [-0.25, -0.2) is 15.0 Å². The molecule has 0 saturated carbocycles. The first-order chi connectivity index (χ1) is 17.5. The summed E-state index contributed by atoms with van der Waals surface area (Å²) in [5, 5.41) is 12.0. The molecule has 1 saturated heterocycles. The Labute approximate surface area is 208 Å². The number of hydrogen-bond donors (Lipinski definition) is 1. The summed E-state index contributed by atoms with van der Waals surface area (Å²) in [5.41, 5.74) is 3.37. The van der Waals surface area contributed by atoms with Crippen LogP contribution < -0.4 is 5.32 Å². The maximum absolute atomic E-state index is 13.0. The van der Waals surface area contributed by atoms with E-state index in [1.807, 2.05) is 27.2 Å². The molecule has 2 amide bonds. The second kappa shape index (κ2) is 10.00. The first kappa shape index (κ1) is 23.2. The molecule has 1 aliphatic rings. The molecule has 1 aromatic carbocycles. The van der Waals surface area contributed by atoms with Crippen molar-refractivity contribution in [2.75, 3.05) is 18.4 Å². The molecule has 4 aromatic rings. The Bertz CT molecular complexity index is 1470. The molecule has 0 aliphatic carbocycles. The van der Waals surface area contributed by atoms with Gasteiger partial charge in [-0.1, -0.05) is 6.07 Å². The first-order valence-corrected chi connectivity index (χ1v) is 12.0. The van der Waals surface area contributed by atoms with Crippen LogP contribution in [0.5, 0.6) is 0 Å². The van der Waals surface area contributed by atoms with Crippen molar-refractivity contribution in [2.45, 2.75) is 32.2 Å². The highest BCUT2D eigenvalue weighted by molar-refractivity contribution is 6.04. The fourth-order valence-corrected chi connectivity index (χ4v) is 4.47. The zero-order valence-corrected chi connectivity index (χ0v) is 20.0. The van der Waals surface area contributed by atoms with Crippen molar-refractivity contribution in [3.05, 3.63) is 71.4 Å². The Morgan fingerprint density at radius 2 is 1.94 bits per heavy atom. The van der Waals surface area contributed by atoms with Crippen molar-refractivity contribution in [3.63, 3.8) is 0 Å². The molecule has 10 nitrogen and oxygen atoms in total. The maximum atomic E-state index is 13.0. The van der Waals surface area contributed by atoms with E-state index in [2.05, 4.69) is 20.3 Å². The van der Waals surface area contributed by atoms with E-state index in [4.69, 9.17) is 0 Å². The third-order valence-electron chi connectivity index (χ3n) is 6.46. The molecule has 5 rings (SSSR count). The number of pyridine rings is 1. The van der Waals surface area contributed by atoms with E-state index in [-0.39, 0.29) is 11.8 Å². The number of nitrogens with one attached hydrogen (secondary N) is 1. The number of nitriles is 1. The monoisotopic (exact) mass is 482 g/mol. The van der Waals surface area contributed by atoms with Crippen LogP contribution >= 0.6 is 0 Å². The summed E-state index contributed by atoms with van der Waals surface area (Å²) < 4.78 is 3.77. The van der Waals surface area contributed by atoms with Crippen LogP contribution in [0.3, 0.4) is 0 Å². The largest absolute Gasteiger partial charge is 0.339 e. The number of anilines is 1. The molecule has 1 N–H and O–H groups in total. The minimum absolute atomic E-state index is 0.0487. The number of benzene rings is 1. The van der Waals surface area contributed by atoms with Crippen molar-refractivity contribution in [1.82, 2.24) is 29.0 Å². The minimum atomic E-state index is -0.381. The molecule has 0 bridgehead atoms. The van der Waals surface area contributed by atoms with E-state index in [9.17, 15) is 14.9 Å². The van der Waals surface area contributed by atoms with Gasteiger partial charge >= 0.3 is 0 Å². The molecule has 3 aromatic heterocycles. The van der Waals surface area contributed by atoms with E-state index in [1.165, 1.54) is 6.07 Å². The number of piperidine rings is 1. The van der Waals surface area contributed by atoms with Crippen LogP contribution in [0.4, 0.5) is 5.95 Å². The SMILES string of the molecule is Cn1cncc1CCn1c(NC(=O)c2cccc(C#N)c2)nc2cc(C(=O)N3CCCCC3)cnc21. The number of carbonyl (C=O) groups is 2. The van der Waals surface area contributed by atoms with Gasteiger partial charge in [0, 0.05) is 56.8 Å². The first-order valence-electron chi connectivity index (χ1n) is 12.0. The predicted molar refractivity (Wildman–Crippen MR) is 133 cm³/mol. The molecule has 0 unspecified atom stereocenters. The van der Waals surface area contributed by atoms with Crippen LogP contribution in [0.1, 0.15) is 51.2 Å². The maximum Gasteiger partial charge on any atom is 0.258 e. The van der Waals surface area contributed by atoms with Gasteiger partial charge in [-0.3, -0.25) is 19.5 Å². The van der Waals surface area contributed by atoms with Gasteiger partial charge in [0.05, 0.1) is 23.5 Å². The third kappa shape index (κ3) is 4.68. The van der Waals surface area contributed by atoms with Crippen LogP contribution in [0.15, 0.2) is 49.1 Å². The van der Waals surface area contributed by atoms with Crippen molar-refractivity contribution >= 4 is 28.9 Å². The molecule has 0 radical (unpaired) electrons. The van der Waals surface area contributed by atoms with Crippen molar-refractivity contribution < 1.29 is 9.59 Å². The number of aromatic nitrogens is 5. The molecule has 1 fully saturated rings. The van der Waals surface area contributed by atoms with Gasteiger partial charge in [-0.05, 0) is 43.5 Å². The lowest BCUT2D eigenvalue weighted by molar-refractivity contribution is 0.0724. The highest BCUT2D eigenvalue weighted by Gasteiger charge is 2.21. The van der Waals surface area contributed by atoms with Crippen molar-refractivity contribution in [1.29, 1.82) is 5.26 Å². The van der Waals surface area contributed by atoms with E-state index >= 15 is 0 Å². The second-order valence-corrected chi connectivity index (χ2v) is 8.90. The highest BCUT2D eigenvalue weighted by Crippen LogP contribution is 2.22. The number of carbonyl (C=O) groups excluding carboxylic acids is 2. The zero-order chi connectivity index (χ0) is 25.1. The average molecular weight is 483 g/mol. The molecule has 4 heterocycles. The number of aryl methyl sites for hydroxylation is 3. The third-order valence-corrected chi connectivity index (χ3v) is 6.46. The number of rotatable bonds is 6. The van der Waals surface area contributed by atoms with Gasteiger partial charge in [0.2, 0.25) is 5.95 Å². The number of hydrogen-bond acceptors (Lipinski definition) is 6. The van der Waals surface area contributed by atoms with Crippen molar-refractivity contribution in [2.24, 2.45) is 7.05 Å². The summed E-state index contributed by atoms with van der Waals surface area (Å²) in [6.45, 7) is 1.99. The lowest BCUT2D eigenvalue weighted by atomic mass is 10.1. The summed E-state index contributed by atoms with van der Waals surface area (Å²) in [6.07, 6.45) is 8.92. The van der Waals surface area contributed by atoms with Crippen molar-refractivity contribution in [3.8, 4) is 6.07 Å². The van der Waals surface area contributed by atoms with Gasteiger partial charge in [-0.15, -0.1) is 0 Å². The summed E-state index contributed by atoms with van der Waals surface area (Å²) in [4.78, 5) is 41.3. The van der Waals surface area contributed by atoms with Crippen LogP contribution in [-0.4, -0.2) is 53.9 Å². The normalized spacial score (nSPS) is 13.5. The number of amides is 2. The van der Waals surface area contributed by atoms with Crippen LogP contribution in [-0.2, 0) is 20.0 Å². The Hall–Kier alpha value is -4.52. The molecule has 182 valence electrons. The summed E-state index contributed by atoms with van der Waals surface area (Å²) >= 11 is 0. The molecule has 0 spiro atoms. The van der Waals surface area contributed by atoms with E-state index in [1.54, 1.807) is 43.0 Å². The van der Waals surface area contributed by atoms with Gasteiger partial charge < -0.3 is 9.47 Å². The lowest BCUT2D eigenvalue weighted by Crippen LogP contribution is -2.35. The summed E-state index contributed by atoms with van der Waals surface area (Å²) in [5.74, 6) is -0.101. The fourth-order valence-electron chi connectivity index (χ4n) is 4.47. The summed E-state index contributed by atoms with van der Waals surface area (Å²) in [6, 6.07) is 10.3. The van der Waals surface area contributed by atoms with Gasteiger partial charge in [0.15, 0.2) is 5.65 Å². The lowest BCUT2D eigenvalue weighted by Gasteiger charge is -2.26. The van der Waals surface area contributed by atoms with Gasteiger partial charge in [0.25, 0.3) is 11.8 Å². The Kier molecular flexibility index (Phi) is 6.45. The highest BCUT2D eigenvalue weighted by atomic mass is 16.2. The number of imidazole rings is 2. The van der Waals surface area contributed by atoms with Gasteiger partial charge in [-0.2, -0.15) is 5.26 Å². The molecule has 0 atom stereocenters. The average Bonchev–Trinajstić information content (AvgIpc) is 3.48. The topological polar surface area (TPSA) is 122 Å². The Morgan fingerprint density at radius 1 is 1.11 bits per heavy atom. The van der Waals surface area contributed by atoms with Crippen LogP contribution in [0.2, 0.25) is 0 Å². The fraction of sp³-hybridized carbons (Fsp3) is 0.308. The summed E-state index contributed by atoms with van der Waals surface area (Å²) in [7, 11) is 1.93. The quantitative estimate of drug-likeness (QED) is 0.451. The van der Waals surface area contributed by atoms with Crippen LogP contribution in [0.25, 0.3) is 11.2 Å². The minimum Gasteiger partial charge on any atom is -0.339 e. The van der Waals surface area contributed by atoms with E-state index < -0.39 is 0 Å². The van der Waals surface area contributed by atoms with Crippen LogP contribution in [0, 0.1) is 11.3 Å². The number of nitrogens with zero attached hydrogens (tertiary/aromatic N) is 7. The van der Waals surface area contributed by atoms with E-state index in [0.29, 0.717) is 46.8 Å². The molecule has 10 heteroatoms. The Morgan fingerprint density at radius 3 is 2.69 bits per heavy atom. The second-order valence-electron chi connectivity index (χ2n) is 8.90. The number of likely N-dealkylation sites (tertiary alicyclic amines) is 1. The number of fused-ring (bicyclic) bond motifs is 1. The zero-order valence-electron chi connectivity index (χ0n) is 20.0. The molecular weight excluding hydrogens is 456 g/mol. The standard InChI is InChI=1S/C26H26N8O2/c1-32-17-28-16-21(32)8-11-34-23-22(13-20(15-29-23)25(36)33-9-3-2-4-10-33)30-26(34)31-24(35)19-7-5-6-18(12-19)14-27/h5-7,12-13,15-17H,2-4,8-11H2,1H3,(H,30,31,35). The molecule has 36 heavy (non-hydrogen) atoms. The smallest absolute Gasteiger partial charge is 0.258 e. The molecular formula is C26H26N8O2. The van der Waals surface area contributed by atoms with Gasteiger partial charge in [0.1, 0.15) is 5.52 Å².